The van der Waals surface area contributed by atoms with Gasteiger partial charge in [-0.3, -0.25) is 0 Å². The third-order valence-electron chi connectivity index (χ3n) is 2.92. The van der Waals surface area contributed by atoms with E-state index in [4.69, 9.17) is 10.5 Å². The molecule has 1 aliphatic rings. The van der Waals surface area contributed by atoms with E-state index in [1.807, 2.05) is 6.07 Å². The molecule has 2 aromatic heterocycles. The zero-order chi connectivity index (χ0) is 11.0. The first kappa shape index (κ1) is 9.59. The van der Waals surface area contributed by atoms with Crippen molar-refractivity contribution in [1.29, 1.82) is 0 Å². The van der Waals surface area contributed by atoms with Gasteiger partial charge in [0.2, 0.25) is 0 Å². The number of nitrogens with zero attached hydrogens (tertiary/aromatic N) is 3. The summed E-state index contributed by atoms with van der Waals surface area (Å²) in [4.78, 5) is 4.22. The quantitative estimate of drug-likeness (QED) is 0.788. The third kappa shape index (κ3) is 1.53. The maximum absolute atomic E-state index is 5.82. The molecule has 16 heavy (non-hydrogen) atoms. The summed E-state index contributed by atoms with van der Waals surface area (Å²) < 4.78 is 7.35. The average molecular weight is 218 g/mol. The Morgan fingerprint density at radius 1 is 1.44 bits per heavy atom. The van der Waals surface area contributed by atoms with Crippen LogP contribution in [-0.2, 0) is 4.74 Å². The molecule has 0 bridgehead atoms. The van der Waals surface area contributed by atoms with Crippen LogP contribution >= 0.6 is 0 Å². The summed E-state index contributed by atoms with van der Waals surface area (Å²) in [5.74, 6) is 0.604. The molecule has 5 heteroatoms. The standard InChI is InChI=1S/C11H14N4O/c12-10-4-5-13-11-7-8(14-15(10)11)9-3-1-2-6-16-9/h4-5,7,9H,1-3,6,12H2. The number of nitrogen functional groups attached to an aromatic ring is 1. The third-order valence-corrected chi connectivity index (χ3v) is 2.92. The molecule has 0 spiro atoms. The van der Waals surface area contributed by atoms with Crippen molar-refractivity contribution in [3.8, 4) is 0 Å². The van der Waals surface area contributed by atoms with E-state index in [0.717, 1.165) is 30.8 Å². The van der Waals surface area contributed by atoms with Gasteiger partial charge in [-0.15, -0.1) is 0 Å². The van der Waals surface area contributed by atoms with Gasteiger partial charge >= 0.3 is 0 Å². The fourth-order valence-electron chi connectivity index (χ4n) is 2.06. The Bertz CT molecular complexity index is 502. The van der Waals surface area contributed by atoms with Crippen LogP contribution in [0.5, 0.6) is 0 Å². The molecule has 1 atom stereocenters. The molecule has 0 aliphatic carbocycles. The summed E-state index contributed by atoms with van der Waals surface area (Å²) in [6, 6.07) is 3.69. The van der Waals surface area contributed by atoms with Gasteiger partial charge in [-0.05, 0) is 25.3 Å². The fourth-order valence-corrected chi connectivity index (χ4v) is 2.06. The summed E-state index contributed by atoms with van der Waals surface area (Å²) in [7, 11) is 0. The predicted octanol–water partition coefficient (Wildman–Crippen LogP) is 1.55. The van der Waals surface area contributed by atoms with Crippen LogP contribution in [0.2, 0.25) is 0 Å². The molecule has 1 unspecified atom stereocenters. The lowest BCUT2D eigenvalue weighted by molar-refractivity contribution is 0.0122. The smallest absolute Gasteiger partial charge is 0.157 e. The summed E-state index contributed by atoms with van der Waals surface area (Å²) >= 11 is 0. The number of rotatable bonds is 1. The second-order valence-corrected chi connectivity index (χ2v) is 4.06. The Labute approximate surface area is 93.2 Å². The van der Waals surface area contributed by atoms with Crippen LogP contribution in [0.15, 0.2) is 18.3 Å². The van der Waals surface area contributed by atoms with Crippen LogP contribution in [0.25, 0.3) is 5.65 Å². The molecule has 84 valence electrons. The van der Waals surface area contributed by atoms with E-state index in [-0.39, 0.29) is 6.10 Å². The second kappa shape index (κ2) is 3.75. The minimum atomic E-state index is 0.106. The van der Waals surface area contributed by atoms with Crippen molar-refractivity contribution in [2.45, 2.75) is 25.4 Å². The minimum Gasteiger partial charge on any atom is -0.384 e. The van der Waals surface area contributed by atoms with Crippen molar-refractivity contribution in [2.24, 2.45) is 0 Å². The Balaban J connectivity index is 2.01. The van der Waals surface area contributed by atoms with Gasteiger partial charge in [0.15, 0.2) is 5.65 Å². The molecule has 1 saturated heterocycles. The molecule has 0 saturated carbocycles. The number of hydrogen-bond acceptors (Lipinski definition) is 4. The Kier molecular flexibility index (Phi) is 2.25. The van der Waals surface area contributed by atoms with Crippen LogP contribution in [0.1, 0.15) is 31.1 Å². The van der Waals surface area contributed by atoms with Crippen molar-refractivity contribution in [1.82, 2.24) is 14.6 Å². The molecule has 0 aromatic carbocycles. The van der Waals surface area contributed by atoms with E-state index in [1.165, 1.54) is 6.42 Å². The number of anilines is 1. The van der Waals surface area contributed by atoms with Crippen LogP contribution in [-0.4, -0.2) is 21.2 Å². The lowest BCUT2D eigenvalue weighted by Crippen LogP contribution is -2.12. The Morgan fingerprint density at radius 3 is 3.12 bits per heavy atom. The van der Waals surface area contributed by atoms with E-state index in [9.17, 15) is 0 Å². The average Bonchev–Trinajstić information content (AvgIpc) is 2.76. The highest BCUT2D eigenvalue weighted by Crippen LogP contribution is 2.27. The lowest BCUT2D eigenvalue weighted by atomic mass is 10.1. The SMILES string of the molecule is Nc1ccnc2cc(C3CCCCO3)nn12. The van der Waals surface area contributed by atoms with Crippen molar-refractivity contribution in [2.75, 3.05) is 12.3 Å². The normalized spacial score (nSPS) is 21.4. The first-order valence-electron chi connectivity index (χ1n) is 5.56. The van der Waals surface area contributed by atoms with Gasteiger partial charge in [-0.2, -0.15) is 9.61 Å². The predicted molar refractivity (Wildman–Crippen MR) is 59.9 cm³/mol. The number of aromatic nitrogens is 3. The molecule has 1 aliphatic heterocycles. The zero-order valence-corrected chi connectivity index (χ0v) is 8.97. The van der Waals surface area contributed by atoms with Gasteiger partial charge < -0.3 is 10.5 Å². The molecule has 3 heterocycles. The lowest BCUT2D eigenvalue weighted by Gasteiger charge is -2.20. The summed E-state index contributed by atoms with van der Waals surface area (Å²) in [5, 5.41) is 4.44. The van der Waals surface area contributed by atoms with Gasteiger partial charge in [0.1, 0.15) is 11.9 Å². The molecule has 0 radical (unpaired) electrons. The van der Waals surface area contributed by atoms with Crippen LogP contribution in [0.4, 0.5) is 5.82 Å². The van der Waals surface area contributed by atoms with Gasteiger partial charge in [0.25, 0.3) is 0 Å². The molecule has 3 rings (SSSR count). The minimum absolute atomic E-state index is 0.106. The first-order valence-corrected chi connectivity index (χ1v) is 5.56. The highest BCUT2D eigenvalue weighted by atomic mass is 16.5. The zero-order valence-electron chi connectivity index (χ0n) is 8.97. The second-order valence-electron chi connectivity index (χ2n) is 4.06. The van der Waals surface area contributed by atoms with E-state index in [1.54, 1.807) is 16.8 Å². The van der Waals surface area contributed by atoms with Gasteiger partial charge in [0, 0.05) is 18.9 Å². The van der Waals surface area contributed by atoms with Crippen LogP contribution < -0.4 is 5.73 Å². The summed E-state index contributed by atoms with van der Waals surface area (Å²) in [6.45, 7) is 0.821. The number of fused-ring (bicyclic) bond motifs is 1. The van der Waals surface area contributed by atoms with Crippen LogP contribution in [0.3, 0.4) is 0 Å². The maximum Gasteiger partial charge on any atom is 0.157 e. The molecular formula is C11H14N4O. The maximum atomic E-state index is 5.82. The number of hydrogen-bond donors (Lipinski definition) is 1. The van der Waals surface area contributed by atoms with Crippen molar-refractivity contribution < 1.29 is 4.74 Å². The van der Waals surface area contributed by atoms with Crippen LogP contribution in [0, 0.1) is 0 Å². The fraction of sp³-hybridized carbons (Fsp3) is 0.455. The summed E-state index contributed by atoms with van der Waals surface area (Å²) in [6.07, 6.45) is 5.17. The molecule has 5 nitrogen and oxygen atoms in total. The highest BCUT2D eigenvalue weighted by molar-refractivity contribution is 5.46. The van der Waals surface area contributed by atoms with Crippen molar-refractivity contribution in [3.63, 3.8) is 0 Å². The molecular weight excluding hydrogens is 204 g/mol. The molecule has 1 fully saturated rings. The number of ether oxygens (including phenoxy) is 1. The van der Waals surface area contributed by atoms with E-state index < -0.39 is 0 Å². The Morgan fingerprint density at radius 2 is 2.38 bits per heavy atom. The van der Waals surface area contributed by atoms with Gasteiger partial charge in [0.05, 0.1) is 5.69 Å². The highest BCUT2D eigenvalue weighted by Gasteiger charge is 2.19. The monoisotopic (exact) mass is 218 g/mol. The first-order chi connectivity index (χ1) is 7.84. The van der Waals surface area contributed by atoms with Crippen molar-refractivity contribution in [3.05, 3.63) is 24.0 Å². The van der Waals surface area contributed by atoms with Crippen molar-refractivity contribution >= 4 is 11.5 Å². The molecule has 2 N–H and O–H groups in total. The van der Waals surface area contributed by atoms with E-state index in [2.05, 4.69) is 10.1 Å². The molecule has 2 aromatic rings. The summed E-state index contributed by atoms with van der Waals surface area (Å²) in [5.41, 5.74) is 7.54. The Hall–Kier alpha value is -1.62. The van der Waals surface area contributed by atoms with Gasteiger partial charge in [-0.25, -0.2) is 4.98 Å². The largest absolute Gasteiger partial charge is 0.384 e. The molecule has 0 amide bonds. The number of nitrogens with two attached hydrogens (primary N) is 1. The van der Waals surface area contributed by atoms with Gasteiger partial charge in [-0.1, -0.05) is 0 Å². The van der Waals surface area contributed by atoms with E-state index in [0.29, 0.717) is 5.82 Å². The van der Waals surface area contributed by atoms with E-state index >= 15 is 0 Å². The topological polar surface area (TPSA) is 65.4 Å².